The van der Waals surface area contributed by atoms with Crippen LogP contribution in [-0.2, 0) is 16.0 Å². The smallest absolute Gasteiger partial charge is 0.227 e. The Kier molecular flexibility index (Phi) is 3.48. The molecule has 0 N–H and O–H groups in total. The zero-order chi connectivity index (χ0) is 13.3. The number of alkyl halides is 3. The molecular formula is C10H8F3NO2S. The van der Waals surface area contributed by atoms with E-state index in [1.54, 1.807) is 0 Å². The highest BCUT2D eigenvalue weighted by Gasteiger charge is 2.32. The molecule has 92 valence electrons. The van der Waals surface area contributed by atoms with E-state index >= 15 is 0 Å². The Labute approximate surface area is 96.4 Å². The summed E-state index contributed by atoms with van der Waals surface area (Å²) in [5.74, 6) is 0. The lowest BCUT2D eigenvalue weighted by Crippen LogP contribution is -2.11. The summed E-state index contributed by atoms with van der Waals surface area (Å²) >= 11 is 0. The molecule has 1 aromatic rings. The van der Waals surface area contributed by atoms with Gasteiger partial charge in [-0.05, 0) is 17.7 Å². The van der Waals surface area contributed by atoms with Crippen molar-refractivity contribution in [3.63, 3.8) is 0 Å². The summed E-state index contributed by atoms with van der Waals surface area (Å²) in [6.45, 7) is 0. The first kappa shape index (κ1) is 13.5. The molecular weight excluding hydrogens is 255 g/mol. The third-order valence-corrected chi connectivity index (χ3v) is 3.30. The van der Waals surface area contributed by atoms with E-state index in [9.17, 15) is 21.6 Å². The summed E-state index contributed by atoms with van der Waals surface area (Å²) in [5, 5.41) is 7.12. The molecule has 0 amide bonds. The predicted octanol–water partition coefficient (Wildman–Crippen LogP) is 2.31. The van der Waals surface area contributed by atoms with Gasteiger partial charge < -0.3 is 0 Å². The lowest BCUT2D eigenvalue weighted by molar-refractivity contribution is -0.137. The van der Waals surface area contributed by atoms with Crippen LogP contribution < -0.4 is 0 Å². The number of rotatable bonds is 2. The first-order chi connectivity index (χ1) is 7.66. The number of benzene rings is 1. The van der Waals surface area contributed by atoms with Crippen molar-refractivity contribution in [2.24, 2.45) is 0 Å². The number of sulfone groups is 1. The largest absolute Gasteiger partial charge is 0.416 e. The minimum absolute atomic E-state index is 0.176. The topological polar surface area (TPSA) is 57.9 Å². The molecule has 0 radical (unpaired) electrons. The van der Waals surface area contributed by atoms with Crippen LogP contribution in [0.25, 0.3) is 0 Å². The number of nitrogens with zero attached hydrogens (tertiary/aromatic N) is 1. The fraction of sp³-hybridized carbons (Fsp3) is 0.300. The molecule has 1 aromatic carbocycles. The molecule has 0 bridgehead atoms. The molecule has 0 aliphatic carbocycles. The third kappa shape index (κ3) is 3.20. The van der Waals surface area contributed by atoms with Crippen LogP contribution in [0.5, 0.6) is 0 Å². The van der Waals surface area contributed by atoms with E-state index in [0.29, 0.717) is 6.07 Å². The average molecular weight is 263 g/mol. The van der Waals surface area contributed by atoms with Gasteiger partial charge in [-0.2, -0.15) is 18.4 Å². The Bertz CT molecular complexity index is 558. The molecule has 7 heteroatoms. The molecule has 0 aliphatic heterocycles. The maximum atomic E-state index is 12.4. The van der Waals surface area contributed by atoms with E-state index < -0.39 is 26.8 Å². The SMILES string of the molecule is CS(=O)(=O)C(C#N)c1cccc(C(F)(F)F)c1. The second kappa shape index (κ2) is 4.37. The Morgan fingerprint density at radius 1 is 1.35 bits per heavy atom. The molecule has 0 aromatic heterocycles. The van der Waals surface area contributed by atoms with Crippen molar-refractivity contribution in [2.75, 3.05) is 6.26 Å². The van der Waals surface area contributed by atoms with Crippen LogP contribution in [0.4, 0.5) is 13.2 Å². The average Bonchev–Trinajstić information content (AvgIpc) is 2.15. The molecule has 1 rings (SSSR count). The molecule has 0 aliphatic rings. The van der Waals surface area contributed by atoms with Gasteiger partial charge in [-0.25, -0.2) is 8.42 Å². The Morgan fingerprint density at radius 2 is 1.94 bits per heavy atom. The number of hydrogen-bond donors (Lipinski definition) is 0. The van der Waals surface area contributed by atoms with Crippen molar-refractivity contribution >= 4 is 9.84 Å². The Morgan fingerprint density at radius 3 is 2.35 bits per heavy atom. The van der Waals surface area contributed by atoms with E-state index in [-0.39, 0.29) is 5.56 Å². The third-order valence-electron chi connectivity index (χ3n) is 2.06. The molecule has 0 heterocycles. The highest BCUT2D eigenvalue weighted by molar-refractivity contribution is 7.91. The van der Waals surface area contributed by atoms with E-state index in [2.05, 4.69) is 0 Å². The molecule has 1 unspecified atom stereocenters. The van der Waals surface area contributed by atoms with Gasteiger partial charge in [0.25, 0.3) is 0 Å². The lowest BCUT2D eigenvalue weighted by Gasteiger charge is -2.11. The van der Waals surface area contributed by atoms with Crippen molar-refractivity contribution in [3.05, 3.63) is 35.4 Å². The zero-order valence-corrected chi connectivity index (χ0v) is 9.51. The van der Waals surface area contributed by atoms with E-state index in [1.165, 1.54) is 12.1 Å². The van der Waals surface area contributed by atoms with Gasteiger partial charge in [0.15, 0.2) is 15.1 Å². The summed E-state index contributed by atoms with van der Waals surface area (Å²) in [6.07, 6.45) is -3.76. The van der Waals surface area contributed by atoms with Gasteiger partial charge in [0.2, 0.25) is 0 Å². The van der Waals surface area contributed by atoms with Crippen molar-refractivity contribution in [3.8, 4) is 6.07 Å². The quantitative estimate of drug-likeness (QED) is 0.822. The first-order valence-corrected chi connectivity index (χ1v) is 6.37. The van der Waals surface area contributed by atoms with E-state index in [0.717, 1.165) is 18.4 Å². The summed E-state index contributed by atoms with van der Waals surface area (Å²) in [7, 11) is -3.76. The Balaban J connectivity index is 3.30. The monoisotopic (exact) mass is 263 g/mol. The van der Waals surface area contributed by atoms with Crippen molar-refractivity contribution < 1.29 is 21.6 Å². The summed E-state index contributed by atoms with van der Waals surface area (Å²) in [6, 6.07) is 5.24. The van der Waals surface area contributed by atoms with Crippen LogP contribution in [0.1, 0.15) is 16.4 Å². The van der Waals surface area contributed by atoms with Crippen LogP contribution in [0.15, 0.2) is 24.3 Å². The van der Waals surface area contributed by atoms with Gasteiger partial charge in [0, 0.05) is 6.26 Å². The van der Waals surface area contributed by atoms with Crippen LogP contribution >= 0.6 is 0 Å². The molecule has 17 heavy (non-hydrogen) atoms. The van der Waals surface area contributed by atoms with Gasteiger partial charge in [-0.1, -0.05) is 12.1 Å². The minimum atomic E-state index is -4.56. The highest BCUT2D eigenvalue weighted by Crippen LogP contribution is 2.31. The maximum absolute atomic E-state index is 12.4. The molecule has 3 nitrogen and oxygen atoms in total. The fourth-order valence-corrected chi connectivity index (χ4v) is 2.13. The highest BCUT2D eigenvalue weighted by atomic mass is 32.2. The molecule has 1 atom stereocenters. The van der Waals surface area contributed by atoms with Crippen LogP contribution in [-0.4, -0.2) is 14.7 Å². The molecule has 0 fully saturated rings. The minimum Gasteiger partial charge on any atom is -0.227 e. The van der Waals surface area contributed by atoms with Crippen molar-refractivity contribution in [1.82, 2.24) is 0 Å². The van der Waals surface area contributed by atoms with Gasteiger partial charge in [0.05, 0.1) is 11.6 Å². The molecule has 0 saturated heterocycles. The zero-order valence-electron chi connectivity index (χ0n) is 8.69. The van der Waals surface area contributed by atoms with Crippen LogP contribution in [0, 0.1) is 11.3 Å². The molecule has 0 saturated carbocycles. The first-order valence-electron chi connectivity index (χ1n) is 4.42. The molecule has 0 spiro atoms. The Hall–Kier alpha value is -1.55. The number of nitriles is 1. The maximum Gasteiger partial charge on any atom is 0.416 e. The van der Waals surface area contributed by atoms with Gasteiger partial charge >= 0.3 is 6.18 Å². The van der Waals surface area contributed by atoms with Gasteiger partial charge in [-0.15, -0.1) is 0 Å². The number of hydrogen-bond acceptors (Lipinski definition) is 3. The normalized spacial score (nSPS) is 14.1. The standard InChI is InChI=1S/C10H8F3NO2S/c1-17(15,16)9(6-14)7-3-2-4-8(5-7)10(11,12)13/h2-5,9H,1H3. The second-order valence-electron chi connectivity index (χ2n) is 3.46. The van der Waals surface area contributed by atoms with Crippen LogP contribution in [0.2, 0.25) is 0 Å². The van der Waals surface area contributed by atoms with Crippen LogP contribution in [0.3, 0.4) is 0 Å². The number of halogens is 3. The van der Waals surface area contributed by atoms with Gasteiger partial charge in [0.1, 0.15) is 0 Å². The van der Waals surface area contributed by atoms with E-state index in [4.69, 9.17) is 5.26 Å². The summed E-state index contributed by atoms with van der Waals surface area (Å²) in [4.78, 5) is 0. The predicted molar refractivity (Wildman–Crippen MR) is 54.6 cm³/mol. The van der Waals surface area contributed by atoms with Crippen molar-refractivity contribution in [2.45, 2.75) is 11.4 Å². The second-order valence-corrected chi connectivity index (χ2v) is 5.59. The fourth-order valence-electron chi connectivity index (χ4n) is 1.30. The summed E-state index contributed by atoms with van der Waals surface area (Å²) < 4.78 is 59.6. The lowest BCUT2D eigenvalue weighted by atomic mass is 10.1. The van der Waals surface area contributed by atoms with E-state index in [1.807, 2.05) is 0 Å². The van der Waals surface area contributed by atoms with Gasteiger partial charge in [-0.3, -0.25) is 0 Å². The van der Waals surface area contributed by atoms with Crippen molar-refractivity contribution in [1.29, 1.82) is 5.26 Å². The summed E-state index contributed by atoms with van der Waals surface area (Å²) in [5.41, 5.74) is -1.15.